The van der Waals surface area contributed by atoms with Gasteiger partial charge in [-0.05, 0) is 79.7 Å². The minimum Gasteiger partial charge on any atom is -0.457 e. The lowest BCUT2D eigenvalue weighted by atomic mass is 10.1. The van der Waals surface area contributed by atoms with Crippen LogP contribution in [0, 0.1) is 13.8 Å². The molecule has 0 radical (unpaired) electrons. The van der Waals surface area contributed by atoms with Gasteiger partial charge in [0.05, 0.1) is 5.69 Å². The van der Waals surface area contributed by atoms with Gasteiger partial charge in [0.15, 0.2) is 5.11 Å². The van der Waals surface area contributed by atoms with E-state index in [0.717, 1.165) is 21.2 Å². The average molecular weight is 516 g/mol. The van der Waals surface area contributed by atoms with E-state index in [1.54, 1.807) is 30.3 Å². The molecule has 8 heteroatoms. The van der Waals surface area contributed by atoms with E-state index in [1.807, 2.05) is 32.0 Å². The summed E-state index contributed by atoms with van der Waals surface area (Å²) < 4.78 is 6.77. The molecule has 0 saturated carbocycles. The van der Waals surface area contributed by atoms with Gasteiger partial charge < -0.3 is 4.42 Å². The highest BCUT2D eigenvalue weighted by Gasteiger charge is 2.35. The number of furan rings is 1. The molecule has 0 atom stereocenters. The first-order valence-electron chi connectivity index (χ1n) is 9.28. The first kappa shape index (κ1) is 21.5. The van der Waals surface area contributed by atoms with Crippen molar-refractivity contribution in [2.24, 2.45) is 0 Å². The number of hydrogen-bond acceptors (Lipinski definition) is 4. The molecule has 1 N–H and O–H groups in total. The Morgan fingerprint density at radius 1 is 1.10 bits per heavy atom. The monoisotopic (exact) mass is 514 g/mol. The Kier molecular flexibility index (Phi) is 5.83. The first-order valence-corrected chi connectivity index (χ1v) is 10.9. The van der Waals surface area contributed by atoms with E-state index in [2.05, 4.69) is 21.2 Å². The Morgan fingerprint density at radius 3 is 2.58 bits per heavy atom. The number of thiocarbonyl (C=S) groups is 1. The van der Waals surface area contributed by atoms with Gasteiger partial charge in [0.1, 0.15) is 17.1 Å². The number of halogens is 2. The maximum absolute atomic E-state index is 13.1. The van der Waals surface area contributed by atoms with Gasteiger partial charge in [0.25, 0.3) is 11.8 Å². The first-order chi connectivity index (χ1) is 14.7. The molecule has 156 valence electrons. The second kappa shape index (κ2) is 8.42. The van der Waals surface area contributed by atoms with Gasteiger partial charge in [0, 0.05) is 15.1 Å². The van der Waals surface area contributed by atoms with Crippen LogP contribution < -0.4 is 10.2 Å². The summed E-state index contributed by atoms with van der Waals surface area (Å²) in [4.78, 5) is 26.9. The molecule has 3 aromatic rings. The second-order valence-corrected chi connectivity index (χ2v) is 8.72. The minimum absolute atomic E-state index is 0.00390. The summed E-state index contributed by atoms with van der Waals surface area (Å²) in [7, 11) is 0. The van der Waals surface area contributed by atoms with Crippen molar-refractivity contribution in [2.45, 2.75) is 13.8 Å². The number of nitrogens with zero attached hydrogens (tertiary/aromatic N) is 1. The molecule has 1 aromatic heterocycles. The van der Waals surface area contributed by atoms with Crippen LogP contribution in [0.25, 0.3) is 17.4 Å². The SMILES string of the molecule is Cc1ccc(-c2ccc(/C=C3/C(=O)NC(=S)N(c4ccc(C)c(Cl)c4)C3=O)o2)c(Br)c1. The lowest BCUT2D eigenvalue weighted by Crippen LogP contribution is -2.54. The van der Waals surface area contributed by atoms with Crippen molar-refractivity contribution in [3.05, 3.63) is 80.5 Å². The number of benzene rings is 2. The second-order valence-electron chi connectivity index (χ2n) is 7.08. The molecular formula is C23H16BrClN2O3S. The van der Waals surface area contributed by atoms with E-state index < -0.39 is 11.8 Å². The van der Waals surface area contributed by atoms with E-state index in [9.17, 15) is 9.59 Å². The molecule has 0 bridgehead atoms. The van der Waals surface area contributed by atoms with Crippen LogP contribution in [-0.2, 0) is 9.59 Å². The molecule has 2 heterocycles. The Morgan fingerprint density at radius 2 is 1.87 bits per heavy atom. The molecule has 1 aliphatic heterocycles. The molecule has 4 rings (SSSR count). The molecular weight excluding hydrogens is 500 g/mol. The van der Waals surface area contributed by atoms with Gasteiger partial charge in [0.2, 0.25) is 0 Å². The third-order valence-corrected chi connectivity index (χ3v) is 6.17. The lowest BCUT2D eigenvalue weighted by molar-refractivity contribution is -0.122. The van der Waals surface area contributed by atoms with Crippen LogP contribution in [0.2, 0.25) is 5.02 Å². The van der Waals surface area contributed by atoms with Crippen LogP contribution in [0.4, 0.5) is 5.69 Å². The quantitative estimate of drug-likeness (QED) is 0.272. The van der Waals surface area contributed by atoms with Gasteiger partial charge in [-0.2, -0.15) is 0 Å². The maximum atomic E-state index is 13.1. The van der Waals surface area contributed by atoms with Crippen LogP contribution in [0.5, 0.6) is 0 Å². The topological polar surface area (TPSA) is 62.6 Å². The zero-order chi connectivity index (χ0) is 22.3. The predicted octanol–water partition coefficient (Wildman–Crippen LogP) is 5.81. The van der Waals surface area contributed by atoms with Gasteiger partial charge >= 0.3 is 0 Å². The summed E-state index contributed by atoms with van der Waals surface area (Å²) >= 11 is 15.0. The fourth-order valence-corrected chi connectivity index (χ4v) is 4.29. The molecule has 0 aliphatic carbocycles. The summed E-state index contributed by atoms with van der Waals surface area (Å²) in [6, 6.07) is 14.5. The van der Waals surface area contributed by atoms with Crippen molar-refractivity contribution >= 4 is 68.4 Å². The summed E-state index contributed by atoms with van der Waals surface area (Å²) in [6.45, 7) is 3.85. The minimum atomic E-state index is -0.584. The number of anilines is 1. The van der Waals surface area contributed by atoms with Gasteiger partial charge in [-0.25, -0.2) is 0 Å². The molecule has 1 saturated heterocycles. The van der Waals surface area contributed by atoms with Crippen molar-refractivity contribution in [3.8, 4) is 11.3 Å². The smallest absolute Gasteiger partial charge is 0.270 e. The molecule has 31 heavy (non-hydrogen) atoms. The van der Waals surface area contributed by atoms with Crippen LogP contribution >= 0.6 is 39.7 Å². The van der Waals surface area contributed by atoms with E-state index in [-0.39, 0.29) is 10.7 Å². The Hall–Kier alpha value is -2.74. The van der Waals surface area contributed by atoms with Crippen LogP contribution in [0.3, 0.4) is 0 Å². The fraction of sp³-hybridized carbons (Fsp3) is 0.0870. The van der Waals surface area contributed by atoms with Crippen molar-refractivity contribution in [1.29, 1.82) is 0 Å². The number of carbonyl (C=O) groups excluding carboxylic acids is 2. The summed E-state index contributed by atoms with van der Waals surface area (Å²) in [5.74, 6) is -0.155. The molecule has 2 aromatic carbocycles. The van der Waals surface area contributed by atoms with Crippen molar-refractivity contribution in [3.63, 3.8) is 0 Å². The fourth-order valence-electron chi connectivity index (χ4n) is 3.15. The number of nitrogens with one attached hydrogen (secondary N) is 1. The Balaban J connectivity index is 1.69. The van der Waals surface area contributed by atoms with Crippen molar-refractivity contribution in [2.75, 3.05) is 4.90 Å². The molecule has 2 amide bonds. The van der Waals surface area contributed by atoms with Crippen molar-refractivity contribution < 1.29 is 14.0 Å². The van der Waals surface area contributed by atoms with Crippen molar-refractivity contribution in [1.82, 2.24) is 5.32 Å². The Labute approximate surface area is 197 Å². The number of carbonyl (C=O) groups is 2. The zero-order valence-corrected chi connectivity index (χ0v) is 19.7. The highest BCUT2D eigenvalue weighted by Crippen LogP contribution is 2.32. The normalized spacial score (nSPS) is 15.5. The highest BCUT2D eigenvalue weighted by molar-refractivity contribution is 9.10. The number of hydrogen-bond donors (Lipinski definition) is 1. The van der Waals surface area contributed by atoms with Crippen LogP contribution in [0.1, 0.15) is 16.9 Å². The van der Waals surface area contributed by atoms with Gasteiger partial charge in [-0.3, -0.25) is 19.8 Å². The van der Waals surface area contributed by atoms with Crippen LogP contribution in [0.15, 0.2) is 63.0 Å². The molecule has 5 nitrogen and oxygen atoms in total. The predicted molar refractivity (Wildman–Crippen MR) is 129 cm³/mol. The number of amides is 2. The van der Waals surface area contributed by atoms with Crippen LogP contribution in [-0.4, -0.2) is 16.9 Å². The third-order valence-electron chi connectivity index (χ3n) is 4.82. The van der Waals surface area contributed by atoms with Gasteiger partial charge in [-0.15, -0.1) is 0 Å². The molecule has 0 spiro atoms. The third kappa shape index (κ3) is 4.21. The summed E-state index contributed by atoms with van der Waals surface area (Å²) in [5, 5.41) is 3.04. The number of aryl methyl sites for hydroxylation is 2. The molecule has 1 aliphatic rings. The van der Waals surface area contributed by atoms with Gasteiger partial charge in [-0.1, -0.05) is 39.7 Å². The number of rotatable bonds is 3. The molecule has 1 fully saturated rings. The highest BCUT2D eigenvalue weighted by atomic mass is 79.9. The lowest BCUT2D eigenvalue weighted by Gasteiger charge is -2.29. The summed E-state index contributed by atoms with van der Waals surface area (Å²) in [5.41, 5.74) is 3.23. The van der Waals surface area contributed by atoms with E-state index in [1.165, 1.54) is 11.0 Å². The zero-order valence-electron chi connectivity index (χ0n) is 16.5. The summed E-state index contributed by atoms with van der Waals surface area (Å²) in [6.07, 6.45) is 1.41. The average Bonchev–Trinajstić information content (AvgIpc) is 3.16. The Bertz CT molecular complexity index is 1280. The maximum Gasteiger partial charge on any atom is 0.270 e. The van der Waals surface area contributed by atoms with E-state index >= 15 is 0 Å². The van der Waals surface area contributed by atoms with E-state index in [4.69, 9.17) is 28.2 Å². The largest absolute Gasteiger partial charge is 0.457 e. The molecule has 0 unspecified atom stereocenters. The standard InChI is InChI=1S/C23H16BrClN2O3S/c1-12-3-7-16(18(24)9-12)20-8-6-15(30-20)11-17-21(28)26-23(31)27(22(17)29)14-5-4-13(2)19(25)10-14/h3-11H,1-2H3,(H,26,28,31)/b17-11-. The van der Waals surface area contributed by atoms with E-state index in [0.29, 0.717) is 22.2 Å².